The molecule has 0 fully saturated rings. The van der Waals surface area contributed by atoms with Crippen LogP contribution in [0.15, 0.2) is 4.52 Å². The monoisotopic (exact) mass is 210 g/mol. The topological polar surface area (TPSA) is 59.2 Å². The molecule has 0 aliphatic rings. The van der Waals surface area contributed by atoms with E-state index < -0.39 is 24.5 Å². The molecule has 0 spiro atoms. The predicted octanol–water partition coefficient (Wildman–Crippen LogP) is 1.10. The van der Waals surface area contributed by atoms with E-state index in [2.05, 4.69) is 14.7 Å². The Morgan fingerprint density at radius 1 is 1.50 bits per heavy atom. The van der Waals surface area contributed by atoms with Crippen LogP contribution in [0.25, 0.3) is 0 Å². The average molecular weight is 210 g/mol. The van der Waals surface area contributed by atoms with Crippen LogP contribution >= 0.6 is 0 Å². The van der Waals surface area contributed by atoms with E-state index in [4.69, 9.17) is 5.11 Å². The molecule has 7 heteroatoms. The van der Waals surface area contributed by atoms with E-state index in [0.29, 0.717) is 0 Å². The van der Waals surface area contributed by atoms with Gasteiger partial charge in [-0.25, -0.2) is 0 Å². The largest absolute Gasteiger partial charge is 0.396 e. The van der Waals surface area contributed by atoms with Crippen molar-refractivity contribution in [2.45, 2.75) is 32.0 Å². The number of nitrogens with zero attached hydrogens (tertiary/aromatic N) is 2. The molecule has 0 aromatic carbocycles. The van der Waals surface area contributed by atoms with Crippen LogP contribution < -0.4 is 0 Å². The lowest BCUT2D eigenvalue weighted by Crippen LogP contribution is -2.13. The molecular formula is C7H9F3N2O2. The zero-order valence-corrected chi connectivity index (χ0v) is 7.38. The summed E-state index contributed by atoms with van der Waals surface area (Å²) in [5.74, 6) is -0.396. The summed E-state index contributed by atoms with van der Waals surface area (Å²) in [5.41, 5.74) is 0. The Morgan fingerprint density at radius 3 is 2.64 bits per heavy atom. The van der Waals surface area contributed by atoms with Crippen molar-refractivity contribution in [3.8, 4) is 0 Å². The van der Waals surface area contributed by atoms with Crippen molar-refractivity contribution in [3.63, 3.8) is 0 Å². The first-order valence-electron chi connectivity index (χ1n) is 3.93. The summed E-state index contributed by atoms with van der Waals surface area (Å²) < 4.78 is 40.0. The molecule has 0 saturated heterocycles. The molecule has 0 aliphatic carbocycles. The third-order valence-electron chi connectivity index (χ3n) is 1.34. The Morgan fingerprint density at radius 2 is 2.14 bits per heavy atom. The van der Waals surface area contributed by atoms with Gasteiger partial charge in [-0.2, -0.15) is 18.2 Å². The minimum Gasteiger partial charge on any atom is -0.393 e. The lowest BCUT2D eigenvalue weighted by molar-refractivity contribution is -0.128. The first-order valence-corrected chi connectivity index (χ1v) is 3.93. The molecule has 14 heavy (non-hydrogen) atoms. The number of alkyl halides is 3. The van der Waals surface area contributed by atoms with E-state index >= 15 is 0 Å². The Balaban J connectivity index is 2.60. The standard InChI is InChI=1S/C7H9F3N2O2/c1-4(13)2-6-11-5(12-14-6)3-7(8,9)10/h4,13H,2-3H2,1H3. The molecule has 1 N–H and O–H groups in total. The Hall–Kier alpha value is -1.11. The van der Waals surface area contributed by atoms with E-state index in [9.17, 15) is 13.2 Å². The average Bonchev–Trinajstić information content (AvgIpc) is 2.30. The number of aromatic nitrogens is 2. The maximum Gasteiger partial charge on any atom is 0.396 e. The summed E-state index contributed by atoms with van der Waals surface area (Å²) in [6, 6.07) is 0. The van der Waals surface area contributed by atoms with E-state index in [1.54, 1.807) is 0 Å². The van der Waals surface area contributed by atoms with Gasteiger partial charge in [0.15, 0.2) is 5.82 Å². The van der Waals surface area contributed by atoms with Crippen molar-refractivity contribution in [1.82, 2.24) is 10.1 Å². The Bertz CT molecular complexity index is 295. The molecule has 0 aliphatic heterocycles. The summed E-state index contributed by atoms with van der Waals surface area (Å²) in [5, 5.41) is 12.0. The molecule has 1 heterocycles. The smallest absolute Gasteiger partial charge is 0.393 e. The molecule has 0 bridgehead atoms. The van der Waals surface area contributed by atoms with Crippen LogP contribution in [0.3, 0.4) is 0 Å². The lowest BCUT2D eigenvalue weighted by Gasteiger charge is -2.00. The lowest BCUT2D eigenvalue weighted by atomic mass is 10.3. The van der Waals surface area contributed by atoms with E-state index in [0.717, 1.165) is 0 Å². The van der Waals surface area contributed by atoms with Crippen molar-refractivity contribution < 1.29 is 22.8 Å². The number of rotatable bonds is 3. The van der Waals surface area contributed by atoms with Gasteiger partial charge in [0.1, 0.15) is 6.42 Å². The SMILES string of the molecule is CC(O)Cc1nc(CC(F)(F)F)no1. The Labute approximate surface area is 77.7 Å². The molecule has 1 rings (SSSR count). The molecule has 0 amide bonds. The summed E-state index contributed by atoms with van der Waals surface area (Å²) in [4.78, 5) is 3.48. The maximum atomic E-state index is 11.8. The van der Waals surface area contributed by atoms with Crippen LogP contribution in [0.4, 0.5) is 13.2 Å². The number of hydrogen-bond donors (Lipinski definition) is 1. The van der Waals surface area contributed by atoms with Gasteiger partial charge in [-0.05, 0) is 6.92 Å². The fourth-order valence-corrected chi connectivity index (χ4v) is 0.877. The molecular weight excluding hydrogens is 201 g/mol. The second-order valence-corrected chi connectivity index (χ2v) is 2.95. The zero-order chi connectivity index (χ0) is 10.8. The summed E-state index contributed by atoms with van der Waals surface area (Å²) in [6.07, 6.45) is -6.21. The number of halogens is 3. The van der Waals surface area contributed by atoms with Crippen LogP contribution in [-0.4, -0.2) is 27.5 Å². The van der Waals surface area contributed by atoms with Crippen molar-refractivity contribution in [2.75, 3.05) is 0 Å². The summed E-state index contributed by atoms with van der Waals surface area (Å²) in [6.45, 7) is 1.48. The second-order valence-electron chi connectivity index (χ2n) is 2.95. The van der Waals surface area contributed by atoms with Crippen molar-refractivity contribution in [1.29, 1.82) is 0 Å². The van der Waals surface area contributed by atoms with Gasteiger partial charge in [0.25, 0.3) is 0 Å². The highest BCUT2D eigenvalue weighted by Gasteiger charge is 2.30. The maximum absolute atomic E-state index is 11.8. The minimum atomic E-state index is -4.34. The first-order chi connectivity index (χ1) is 6.37. The summed E-state index contributed by atoms with van der Waals surface area (Å²) in [7, 11) is 0. The molecule has 80 valence electrons. The fraction of sp³-hybridized carbons (Fsp3) is 0.714. The van der Waals surface area contributed by atoms with Gasteiger partial charge in [0, 0.05) is 0 Å². The summed E-state index contributed by atoms with van der Waals surface area (Å²) >= 11 is 0. The third kappa shape index (κ3) is 3.73. The molecule has 0 saturated carbocycles. The van der Waals surface area contributed by atoms with Gasteiger partial charge >= 0.3 is 6.18 Å². The molecule has 1 aromatic rings. The molecule has 4 nitrogen and oxygen atoms in total. The first kappa shape index (κ1) is 11.0. The highest BCUT2D eigenvalue weighted by molar-refractivity contribution is 4.89. The van der Waals surface area contributed by atoms with Crippen LogP contribution in [0.1, 0.15) is 18.6 Å². The van der Waals surface area contributed by atoms with Gasteiger partial charge in [-0.1, -0.05) is 5.16 Å². The number of aliphatic hydroxyl groups excluding tert-OH is 1. The van der Waals surface area contributed by atoms with Crippen molar-refractivity contribution in [2.24, 2.45) is 0 Å². The molecule has 1 atom stereocenters. The van der Waals surface area contributed by atoms with Crippen molar-refractivity contribution in [3.05, 3.63) is 11.7 Å². The molecule has 1 unspecified atom stereocenters. The fourth-order valence-electron chi connectivity index (χ4n) is 0.877. The number of aliphatic hydroxyl groups is 1. The molecule has 0 radical (unpaired) electrons. The highest BCUT2D eigenvalue weighted by atomic mass is 19.4. The zero-order valence-electron chi connectivity index (χ0n) is 7.38. The van der Waals surface area contributed by atoms with E-state index in [-0.39, 0.29) is 12.3 Å². The van der Waals surface area contributed by atoms with E-state index in [1.165, 1.54) is 6.92 Å². The normalized spacial score (nSPS) is 14.4. The van der Waals surface area contributed by atoms with Crippen LogP contribution in [0, 0.1) is 0 Å². The van der Waals surface area contributed by atoms with E-state index in [1.807, 2.05) is 0 Å². The third-order valence-corrected chi connectivity index (χ3v) is 1.34. The van der Waals surface area contributed by atoms with Crippen LogP contribution in [-0.2, 0) is 12.8 Å². The Kier molecular flexibility index (Phi) is 3.10. The highest BCUT2D eigenvalue weighted by Crippen LogP contribution is 2.19. The van der Waals surface area contributed by atoms with Crippen molar-refractivity contribution >= 4 is 0 Å². The molecule has 1 aromatic heterocycles. The van der Waals surface area contributed by atoms with Gasteiger partial charge in [0.05, 0.1) is 12.5 Å². The number of hydrogen-bond acceptors (Lipinski definition) is 4. The van der Waals surface area contributed by atoms with Gasteiger partial charge < -0.3 is 9.63 Å². The minimum absolute atomic E-state index is 0.0132. The van der Waals surface area contributed by atoms with Gasteiger partial charge in [0.2, 0.25) is 5.89 Å². The predicted molar refractivity (Wildman–Crippen MR) is 39.4 cm³/mol. The van der Waals surface area contributed by atoms with Crippen LogP contribution in [0.5, 0.6) is 0 Å². The van der Waals surface area contributed by atoms with Gasteiger partial charge in [-0.3, -0.25) is 0 Å². The quantitative estimate of drug-likeness (QED) is 0.811. The second kappa shape index (κ2) is 3.95. The van der Waals surface area contributed by atoms with Gasteiger partial charge in [-0.15, -0.1) is 0 Å². The van der Waals surface area contributed by atoms with Crippen LogP contribution in [0.2, 0.25) is 0 Å².